The summed E-state index contributed by atoms with van der Waals surface area (Å²) in [7, 11) is 3.02. The van der Waals surface area contributed by atoms with Crippen LogP contribution in [0.15, 0.2) is 23.1 Å². The lowest BCUT2D eigenvalue weighted by Crippen LogP contribution is -2.20. The van der Waals surface area contributed by atoms with Gasteiger partial charge in [-0.15, -0.1) is 11.8 Å². The van der Waals surface area contributed by atoms with Crippen LogP contribution in [0, 0.1) is 6.92 Å². The summed E-state index contributed by atoms with van der Waals surface area (Å²) in [5, 5.41) is 17.7. The molecule has 2 aromatic rings. The number of fused-ring (bicyclic) bond motifs is 1. The fourth-order valence-electron chi connectivity index (χ4n) is 2.29. The van der Waals surface area contributed by atoms with Crippen molar-refractivity contribution in [3.8, 4) is 11.5 Å². The van der Waals surface area contributed by atoms with E-state index in [-0.39, 0.29) is 0 Å². The number of aliphatic carboxylic acids is 2. The second kappa shape index (κ2) is 7.39. The van der Waals surface area contributed by atoms with E-state index in [1.54, 1.807) is 25.1 Å². The number of carbonyl (C=O) groups is 2. The van der Waals surface area contributed by atoms with Crippen LogP contribution in [0.2, 0.25) is 0 Å². The Kier molecular flexibility index (Phi) is 5.50. The highest BCUT2D eigenvalue weighted by molar-refractivity contribution is 8.00. The zero-order valence-electron chi connectivity index (χ0n) is 13.4. The van der Waals surface area contributed by atoms with E-state index in [0.717, 1.165) is 11.8 Å². The van der Waals surface area contributed by atoms with Gasteiger partial charge < -0.3 is 19.7 Å². The van der Waals surface area contributed by atoms with Gasteiger partial charge in [0.1, 0.15) is 22.3 Å². The molecule has 0 saturated carbocycles. The normalized spacial score (nSPS) is 12.0. The molecule has 8 heteroatoms. The molecule has 0 radical (unpaired) electrons. The molecule has 1 unspecified atom stereocenters. The van der Waals surface area contributed by atoms with Crippen molar-refractivity contribution in [3.05, 3.63) is 23.9 Å². The lowest BCUT2D eigenvalue weighted by Gasteiger charge is -2.16. The zero-order valence-corrected chi connectivity index (χ0v) is 14.2. The van der Waals surface area contributed by atoms with Crippen LogP contribution in [-0.4, -0.2) is 46.6 Å². The van der Waals surface area contributed by atoms with Crippen molar-refractivity contribution in [1.29, 1.82) is 0 Å². The molecule has 1 heterocycles. The fraction of sp³-hybridized carbons (Fsp3) is 0.312. The maximum absolute atomic E-state index is 11.4. The van der Waals surface area contributed by atoms with E-state index in [0.29, 0.717) is 33.0 Å². The Balaban J connectivity index is 2.64. The van der Waals surface area contributed by atoms with Gasteiger partial charge in [-0.1, -0.05) is 0 Å². The van der Waals surface area contributed by atoms with E-state index in [1.165, 1.54) is 14.2 Å². The van der Waals surface area contributed by atoms with Crippen LogP contribution in [0.3, 0.4) is 0 Å². The largest absolute Gasteiger partial charge is 0.496 e. The zero-order chi connectivity index (χ0) is 17.9. The van der Waals surface area contributed by atoms with Gasteiger partial charge in [0.25, 0.3) is 0 Å². The van der Waals surface area contributed by atoms with Crippen molar-refractivity contribution < 1.29 is 29.3 Å². The highest BCUT2D eigenvalue weighted by Crippen LogP contribution is 2.40. The van der Waals surface area contributed by atoms with Gasteiger partial charge >= 0.3 is 11.9 Å². The molecule has 1 atom stereocenters. The van der Waals surface area contributed by atoms with Crippen LogP contribution in [0.25, 0.3) is 10.9 Å². The average Bonchev–Trinajstić information content (AvgIpc) is 2.52. The number of ether oxygens (including phenoxy) is 2. The minimum absolute atomic E-state index is 0.491. The summed E-state index contributed by atoms with van der Waals surface area (Å²) < 4.78 is 10.7. The third kappa shape index (κ3) is 3.70. The van der Waals surface area contributed by atoms with E-state index in [4.69, 9.17) is 14.6 Å². The number of methoxy groups -OCH3 is 2. The number of carboxylic acids is 2. The average molecular weight is 351 g/mol. The Hall–Kier alpha value is -2.48. The summed E-state index contributed by atoms with van der Waals surface area (Å²) >= 11 is 0.962. The number of rotatable bonds is 7. The Morgan fingerprint density at radius 1 is 1.21 bits per heavy atom. The van der Waals surface area contributed by atoms with Gasteiger partial charge in [0.2, 0.25) is 0 Å². The van der Waals surface area contributed by atoms with Crippen molar-refractivity contribution in [2.45, 2.75) is 23.5 Å². The first-order valence-corrected chi connectivity index (χ1v) is 7.89. The van der Waals surface area contributed by atoms with Crippen molar-refractivity contribution >= 4 is 34.6 Å². The van der Waals surface area contributed by atoms with Crippen LogP contribution < -0.4 is 9.47 Å². The first-order valence-electron chi connectivity index (χ1n) is 7.01. The Bertz CT molecular complexity index is 792. The van der Waals surface area contributed by atoms with E-state index in [1.807, 2.05) is 0 Å². The third-order valence-electron chi connectivity index (χ3n) is 3.32. The van der Waals surface area contributed by atoms with Crippen LogP contribution in [0.5, 0.6) is 11.5 Å². The minimum atomic E-state index is -1.19. The minimum Gasteiger partial charge on any atom is -0.496 e. The van der Waals surface area contributed by atoms with Crippen molar-refractivity contribution in [2.24, 2.45) is 0 Å². The van der Waals surface area contributed by atoms with Crippen LogP contribution >= 0.6 is 11.8 Å². The highest BCUT2D eigenvalue weighted by atomic mass is 32.2. The van der Waals surface area contributed by atoms with Gasteiger partial charge in [-0.25, -0.2) is 4.98 Å². The molecule has 0 spiro atoms. The Morgan fingerprint density at radius 3 is 2.38 bits per heavy atom. The number of aromatic nitrogens is 1. The van der Waals surface area contributed by atoms with Gasteiger partial charge in [0.15, 0.2) is 0 Å². The molecule has 0 saturated heterocycles. The number of aryl methyl sites for hydroxylation is 1. The second-order valence-corrected chi connectivity index (χ2v) is 6.24. The molecule has 0 fully saturated rings. The molecule has 0 bridgehead atoms. The highest BCUT2D eigenvalue weighted by Gasteiger charge is 2.25. The standard InChI is InChI=1S/C16H17NO6S/c1-8-6-11(24-12(16(20)21)7-13(18)19)14-9(22-2)4-5-10(23-3)15(14)17-8/h4-6,12H,7H2,1-3H3,(H,18,19)(H,20,21). The van der Waals surface area contributed by atoms with E-state index in [9.17, 15) is 14.7 Å². The van der Waals surface area contributed by atoms with Gasteiger partial charge in [0.05, 0.1) is 26.0 Å². The number of hydrogen-bond acceptors (Lipinski definition) is 6. The predicted octanol–water partition coefficient (Wildman–Crippen LogP) is 2.58. The van der Waals surface area contributed by atoms with Gasteiger partial charge in [-0.05, 0) is 25.1 Å². The third-order valence-corrected chi connectivity index (χ3v) is 4.55. The molecule has 0 aliphatic rings. The smallest absolute Gasteiger partial charge is 0.317 e. The summed E-state index contributed by atoms with van der Waals surface area (Å²) in [5.41, 5.74) is 1.20. The summed E-state index contributed by atoms with van der Waals surface area (Å²) in [6, 6.07) is 5.13. The SMILES string of the molecule is COc1ccc(OC)c2c(SC(CC(=O)O)C(=O)O)cc(C)nc12. The number of hydrogen-bond donors (Lipinski definition) is 2. The molecule has 1 aromatic carbocycles. The van der Waals surface area contributed by atoms with E-state index >= 15 is 0 Å². The molecule has 2 N–H and O–H groups in total. The molecular formula is C16H17NO6S. The fourth-order valence-corrected chi connectivity index (χ4v) is 3.48. The molecule has 7 nitrogen and oxygen atoms in total. The molecule has 2 rings (SSSR count). The summed E-state index contributed by atoms with van der Waals surface area (Å²) in [6.07, 6.45) is -0.491. The molecule has 0 amide bonds. The number of nitrogens with zero attached hydrogens (tertiary/aromatic N) is 1. The monoisotopic (exact) mass is 351 g/mol. The molecule has 0 aliphatic heterocycles. The molecule has 128 valence electrons. The molecule has 24 heavy (non-hydrogen) atoms. The molecule has 0 aliphatic carbocycles. The summed E-state index contributed by atoms with van der Waals surface area (Å²) in [5.74, 6) is -1.32. The van der Waals surface area contributed by atoms with Crippen molar-refractivity contribution in [1.82, 2.24) is 4.98 Å². The Morgan fingerprint density at radius 2 is 1.83 bits per heavy atom. The van der Waals surface area contributed by atoms with Crippen molar-refractivity contribution in [2.75, 3.05) is 14.2 Å². The van der Waals surface area contributed by atoms with Crippen LogP contribution in [0.1, 0.15) is 12.1 Å². The van der Waals surface area contributed by atoms with Crippen LogP contribution in [-0.2, 0) is 9.59 Å². The van der Waals surface area contributed by atoms with Gasteiger partial charge in [0, 0.05) is 10.6 Å². The van der Waals surface area contributed by atoms with Crippen molar-refractivity contribution in [3.63, 3.8) is 0 Å². The predicted molar refractivity (Wildman–Crippen MR) is 89.1 cm³/mol. The van der Waals surface area contributed by atoms with Gasteiger partial charge in [-0.3, -0.25) is 9.59 Å². The first kappa shape index (κ1) is 17.9. The molecule has 1 aromatic heterocycles. The second-order valence-electron chi connectivity index (χ2n) is 5.00. The topological polar surface area (TPSA) is 106 Å². The van der Waals surface area contributed by atoms with E-state index in [2.05, 4.69) is 4.98 Å². The number of pyridine rings is 1. The van der Waals surface area contributed by atoms with E-state index < -0.39 is 23.6 Å². The lowest BCUT2D eigenvalue weighted by molar-refractivity contribution is -0.142. The van der Waals surface area contributed by atoms with Gasteiger partial charge in [-0.2, -0.15) is 0 Å². The summed E-state index contributed by atoms with van der Waals surface area (Å²) in [6.45, 7) is 1.77. The number of benzene rings is 1. The lowest BCUT2D eigenvalue weighted by atomic mass is 10.1. The molecular weight excluding hydrogens is 334 g/mol. The maximum atomic E-state index is 11.4. The number of thioether (sulfide) groups is 1. The first-order chi connectivity index (χ1) is 11.4. The quantitative estimate of drug-likeness (QED) is 0.733. The maximum Gasteiger partial charge on any atom is 0.317 e. The summed E-state index contributed by atoms with van der Waals surface area (Å²) in [4.78, 5) is 27.3. The number of carboxylic acid groups (broad SMARTS) is 2. The van der Waals surface area contributed by atoms with Crippen LogP contribution in [0.4, 0.5) is 0 Å². The Labute approximate surface area is 142 Å².